The standard InChI is InChI=1S/C14H21N3O5S/c15-12(14(18)19)10-23(20,21)7-6-17-8-13(16)22-9-11-4-2-1-3-5-11/h1-5,12,16-17H,6-10,15H2,(H,18,19). The molecule has 8 nitrogen and oxygen atoms in total. The quantitative estimate of drug-likeness (QED) is 0.257. The molecule has 0 saturated heterocycles. The Labute approximate surface area is 135 Å². The molecule has 1 aromatic rings. The van der Waals surface area contributed by atoms with E-state index in [0.29, 0.717) is 0 Å². The maximum absolute atomic E-state index is 11.6. The van der Waals surface area contributed by atoms with Crippen LogP contribution in [0.4, 0.5) is 0 Å². The number of carbonyl (C=O) groups is 1. The fourth-order valence-corrected chi connectivity index (χ4v) is 2.97. The highest BCUT2D eigenvalue weighted by atomic mass is 32.2. The van der Waals surface area contributed by atoms with Crippen molar-refractivity contribution in [2.45, 2.75) is 12.6 Å². The summed E-state index contributed by atoms with van der Waals surface area (Å²) in [6.45, 7) is 0.451. The second-order valence-electron chi connectivity index (χ2n) is 4.93. The van der Waals surface area contributed by atoms with Crippen molar-refractivity contribution < 1.29 is 23.1 Å². The summed E-state index contributed by atoms with van der Waals surface area (Å²) >= 11 is 0. The lowest BCUT2D eigenvalue weighted by Crippen LogP contribution is -2.39. The Morgan fingerprint density at radius 2 is 2.00 bits per heavy atom. The Morgan fingerprint density at radius 3 is 2.61 bits per heavy atom. The summed E-state index contributed by atoms with van der Waals surface area (Å²) < 4.78 is 28.5. The van der Waals surface area contributed by atoms with Gasteiger partial charge in [0.25, 0.3) is 0 Å². The third-order valence-corrected chi connectivity index (χ3v) is 4.58. The molecule has 0 aliphatic carbocycles. The molecule has 128 valence electrons. The molecule has 23 heavy (non-hydrogen) atoms. The number of ether oxygens (including phenoxy) is 1. The van der Waals surface area contributed by atoms with Gasteiger partial charge in [0, 0.05) is 6.54 Å². The van der Waals surface area contributed by atoms with Crippen LogP contribution in [0.5, 0.6) is 0 Å². The minimum atomic E-state index is -3.56. The third kappa shape index (κ3) is 8.29. The fourth-order valence-electron chi connectivity index (χ4n) is 1.65. The van der Waals surface area contributed by atoms with Gasteiger partial charge in [-0.2, -0.15) is 0 Å². The van der Waals surface area contributed by atoms with Gasteiger partial charge in [0.1, 0.15) is 12.6 Å². The lowest BCUT2D eigenvalue weighted by molar-refractivity contribution is -0.137. The van der Waals surface area contributed by atoms with Crippen molar-refractivity contribution in [3.63, 3.8) is 0 Å². The van der Waals surface area contributed by atoms with Gasteiger partial charge < -0.3 is 20.9 Å². The number of sulfone groups is 1. The highest BCUT2D eigenvalue weighted by Crippen LogP contribution is 2.00. The molecular weight excluding hydrogens is 322 g/mol. The van der Waals surface area contributed by atoms with E-state index in [1.807, 2.05) is 30.3 Å². The van der Waals surface area contributed by atoms with Crippen LogP contribution in [0.2, 0.25) is 0 Å². The molecule has 0 aromatic heterocycles. The highest BCUT2D eigenvalue weighted by molar-refractivity contribution is 7.91. The SMILES string of the molecule is N=C(CNCCS(=O)(=O)CC(N)C(=O)O)OCc1ccccc1. The first-order valence-electron chi connectivity index (χ1n) is 6.94. The summed E-state index contributed by atoms with van der Waals surface area (Å²) in [6, 6.07) is 7.94. The fraction of sp³-hybridized carbons (Fsp3) is 0.429. The van der Waals surface area contributed by atoms with Gasteiger partial charge in [-0.25, -0.2) is 8.42 Å². The van der Waals surface area contributed by atoms with Crippen LogP contribution >= 0.6 is 0 Å². The third-order valence-electron chi connectivity index (χ3n) is 2.88. The zero-order chi connectivity index (χ0) is 17.3. The van der Waals surface area contributed by atoms with Crippen LogP contribution in [0.25, 0.3) is 0 Å². The van der Waals surface area contributed by atoms with Crippen molar-refractivity contribution >= 4 is 21.7 Å². The molecule has 0 aliphatic heterocycles. The van der Waals surface area contributed by atoms with E-state index in [9.17, 15) is 13.2 Å². The monoisotopic (exact) mass is 343 g/mol. The van der Waals surface area contributed by atoms with Gasteiger partial charge >= 0.3 is 5.97 Å². The number of carboxylic acid groups (broad SMARTS) is 1. The number of benzene rings is 1. The number of nitrogens with one attached hydrogen (secondary N) is 2. The Hall–Kier alpha value is -1.97. The van der Waals surface area contributed by atoms with E-state index < -0.39 is 27.6 Å². The maximum Gasteiger partial charge on any atom is 0.321 e. The molecule has 1 unspecified atom stereocenters. The Morgan fingerprint density at radius 1 is 1.35 bits per heavy atom. The van der Waals surface area contributed by atoms with E-state index in [1.54, 1.807) is 0 Å². The predicted molar refractivity (Wildman–Crippen MR) is 86.1 cm³/mol. The van der Waals surface area contributed by atoms with Gasteiger partial charge in [-0.15, -0.1) is 0 Å². The topological polar surface area (TPSA) is 143 Å². The van der Waals surface area contributed by atoms with Gasteiger partial charge in [0.15, 0.2) is 15.7 Å². The van der Waals surface area contributed by atoms with Gasteiger partial charge in [-0.1, -0.05) is 30.3 Å². The molecule has 0 saturated carbocycles. The van der Waals surface area contributed by atoms with Crippen molar-refractivity contribution in [2.24, 2.45) is 5.73 Å². The van der Waals surface area contributed by atoms with Crippen LogP contribution in [-0.2, 0) is 26.0 Å². The molecule has 0 radical (unpaired) electrons. The molecule has 1 aromatic carbocycles. The first-order valence-corrected chi connectivity index (χ1v) is 8.76. The summed E-state index contributed by atoms with van der Waals surface area (Å²) in [4.78, 5) is 10.5. The number of rotatable bonds is 10. The summed E-state index contributed by atoms with van der Waals surface area (Å²) in [7, 11) is -3.56. The van der Waals surface area contributed by atoms with Crippen LogP contribution in [0.3, 0.4) is 0 Å². The van der Waals surface area contributed by atoms with Gasteiger partial charge in [0.2, 0.25) is 0 Å². The molecule has 1 atom stereocenters. The van der Waals surface area contributed by atoms with E-state index in [-0.39, 0.29) is 31.3 Å². The molecule has 1 rings (SSSR count). The second kappa shape index (κ2) is 9.23. The van der Waals surface area contributed by atoms with E-state index in [1.165, 1.54) is 0 Å². The Bertz CT molecular complexity index is 619. The number of carboxylic acids is 1. The smallest absolute Gasteiger partial charge is 0.321 e. The highest BCUT2D eigenvalue weighted by Gasteiger charge is 2.21. The molecule has 0 heterocycles. The number of aliphatic carboxylic acids is 1. The largest absolute Gasteiger partial charge is 0.480 e. The normalized spacial score (nSPS) is 12.6. The predicted octanol–water partition coefficient (Wildman–Crippen LogP) is -0.403. The van der Waals surface area contributed by atoms with E-state index in [0.717, 1.165) is 5.56 Å². The first kappa shape index (κ1) is 19.1. The van der Waals surface area contributed by atoms with E-state index in [2.05, 4.69) is 5.32 Å². The zero-order valence-electron chi connectivity index (χ0n) is 12.6. The van der Waals surface area contributed by atoms with E-state index >= 15 is 0 Å². The van der Waals surface area contributed by atoms with Gasteiger partial charge in [-0.3, -0.25) is 10.2 Å². The summed E-state index contributed by atoms with van der Waals surface area (Å²) in [6.07, 6.45) is 0. The van der Waals surface area contributed by atoms with Crippen LogP contribution < -0.4 is 11.1 Å². The average Bonchev–Trinajstić information content (AvgIpc) is 2.50. The van der Waals surface area contributed by atoms with Crippen molar-refractivity contribution in [1.82, 2.24) is 5.32 Å². The molecular formula is C14H21N3O5S. The molecule has 0 amide bonds. The van der Waals surface area contributed by atoms with Crippen LogP contribution in [0.1, 0.15) is 5.56 Å². The van der Waals surface area contributed by atoms with Crippen molar-refractivity contribution in [1.29, 1.82) is 5.41 Å². The molecule has 5 N–H and O–H groups in total. The summed E-state index contributed by atoms with van der Waals surface area (Å²) in [5, 5.41) is 19.0. The van der Waals surface area contributed by atoms with Crippen LogP contribution in [-0.4, -0.2) is 56.0 Å². The molecule has 0 aliphatic rings. The Balaban J connectivity index is 2.21. The summed E-state index contributed by atoms with van der Waals surface area (Å²) in [5.41, 5.74) is 6.13. The van der Waals surface area contributed by atoms with Gasteiger partial charge in [0.05, 0.1) is 18.1 Å². The van der Waals surface area contributed by atoms with Crippen LogP contribution in [0.15, 0.2) is 30.3 Å². The first-order chi connectivity index (χ1) is 10.8. The van der Waals surface area contributed by atoms with Crippen molar-refractivity contribution in [3.8, 4) is 0 Å². The number of nitrogens with two attached hydrogens (primary N) is 1. The second-order valence-corrected chi connectivity index (χ2v) is 7.16. The van der Waals surface area contributed by atoms with E-state index in [4.69, 9.17) is 21.0 Å². The minimum Gasteiger partial charge on any atom is -0.480 e. The number of hydrogen-bond acceptors (Lipinski definition) is 7. The number of hydrogen-bond donors (Lipinski definition) is 4. The molecule has 0 spiro atoms. The maximum atomic E-state index is 11.6. The lowest BCUT2D eigenvalue weighted by Gasteiger charge is -2.10. The molecule has 0 fully saturated rings. The molecule has 9 heteroatoms. The Kier molecular flexibility index (Phi) is 7.66. The lowest BCUT2D eigenvalue weighted by atomic mass is 10.2. The summed E-state index contributed by atoms with van der Waals surface area (Å²) in [5.74, 6) is -2.21. The van der Waals surface area contributed by atoms with Crippen molar-refractivity contribution in [3.05, 3.63) is 35.9 Å². The minimum absolute atomic E-state index is 0.00603. The van der Waals surface area contributed by atoms with Gasteiger partial charge in [-0.05, 0) is 5.56 Å². The van der Waals surface area contributed by atoms with Crippen molar-refractivity contribution in [2.75, 3.05) is 24.6 Å². The zero-order valence-corrected chi connectivity index (χ0v) is 13.4. The van der Waals surface area contributed by atoms with Crippen LogP contribution in [0, 0.1) is 5.41 Å². The average molecular weight is 343 g/mol. The molecule has 0 bridgehead atoms.